The molecule has 0 radical (unpaired) electrons. The summed E-state index contributed by atoms with van der Waals surface area (Å²) in [6.07, 6.45) is 8.13. The number of para-hydroxylation sites is 1. The van der Waals surface area contributed by atoms with Gasteiger partial charge in [-0.05, 0) is 80.2 Å². The maximum Gasteiger partial charge on any atom is 0.313 e. The molecule has 4 saturated carbocycles. The number of anilines is 1. The lowest BCUT2D eigenvalue weighted by Crippen LogP contribution is -2.61. The van der Waals surface area contributed by atoms with E-state index in [1.165, 1.54) is 19.3 Å². The van der Waals surface area contributed by atoms with Crippen molar-refractivity contribution in [3.8, 4) is 0 Å². The van der Waals surface area contributed by atoms with Crippen LogP contribution in [0, 0.1) is 17.8 Å². The van der Waals surface area contributed by atoms with Crippen LogP contribution in [0.5, 0.6) is 0 Å². The Balaban J connectivity index is 1.44. The van der Waals surface area contributed by atoms with Gasteiger partial charge in [0.05, 0.1) is 0 Å². The molecule has 4 aliphatic carbocycles. The van der Waals surface area contributed by atoms with Crippen LogP contribution in [0.15, 0.2) is 24.3 Å². The highest BCUT2D eigenvalue weighted by Gasteiger charge is 2.51. The van der Waals surface area contributed by atoms with Gasteiger partial charge in [-0.15, -0.1) is 0 Å². The van der Waals surface area contributed by atoms with Crippen LogP contribution >= 0.6 is 0 Å². The van der Waals surface area contributed by atoms with Crippen LogP contribution in [-0.4, -0.2) is 17.4 Å². The van der Waals surface area contributed by atoms with Gasteiger partial charge in [0.15, 0.2) is 0 Å². The topological polar surface area (TPSA) is 58.2 Å². The average molecular weight is 354 g/mol. The van der Waals surface area contributed by atoms with E-state index in [1.54, 1.807) is 0 Å². The van der Waals surface area contributed by atoms with E-state index in [0.717, 1.165) is 54.7 Å². The highest BCUT2D eigenvalue weighted by atomic mass is 16.2. The molecule has 140 valence electrons. The SMILES string of the molecule is CCC(C)c1ccccc1NC(=O)C(=O)NC12CC3CC(CC(C3)C1)C2. The van der Waals surface area contributed by atoms with Gasteiger partial charge in [0, 0.05) is 11.2 Å². The Kier molecular flexibility index (Phi) is 4.54. The first-order chi connectivity index (χ1) is 12.5. The third kappa shape index (κ3) is 3.26. The van der Waals surface area contributed by atoms with Crippen LogP contribution in [0.25, 0.3) is 0 Å². The molecule has 4 fully saturated rings. The smallest absolute Gasteiger partial charge is 0.313 e. The van der Waals surface area contributed by atoms with E-state index in [-0.39, 0.29) is 5.54 Å². The van der Waals surface area contributed by atoms with Crippen LogP contribution in [0.2, 0.25) is 0 Å². The van der Waals surface area contributed by atoms with E-state index in [1.807, 2.05) is 24.3 Å². The Morgan fingerprint density at radius 2 is 1.62 bits per heavy atom. The molecule has 4 nitrogen and oxygen atoms in total. The molecule has 1 aromatic rings. The molecule has 0 aromatic heterocycles. The molecule has 0 saturated heterocycles. The van der Waals surface area contributed by atoms with E-state index < -0.39 is 11.8 Å². The summed E-state index contributed by atoms with van der Waals surface area (Å²) in [5, 5.41) is 6.01. The summed E-state index contributed by atoms with van der Waals surface area (Å²) < 4.78 is 0. The minimum Gasteiger partial charge on any atom is -0.342 e. The van der Waals surface area contributed by atoms with Crippen LogP contribution in [0.3, 0.4) is 0 Å². The molecule has 1 unspecified atom stereocenters. The highest BCUT2D eigenvalue weighted by Crippen LogP contribution is 2.55. The van der Waals surface area contributed by atoms with E-state index in [4.69, 9.17) is 0 Å². The highest BCUT2D eigenvalue weighted by molar-refractivity contribution is 6.39. The van der Waals surface area contributed by atoms with Crippen LogP contribution < -0.4 is 10.6 Å². The quantitative estimate of drug-likeness (QED) is 0.795. The first kappa shape index (κ1) is 17.6. The predicted molar refractivity (Wildman–Crippen MR) is 103 cm³/mol. The number of rotatable bonds is 4. The Bertz CT molecular complexity index is 677. The van der Waals surface area contributed by atoms with Crippen molar-refractivity contribution in [2.45, 2.75) is 70.3 Å². The van der Waals surface area contributed by atoms with Crippen molar-refractivity contribution in [2.24, 2.45) is 17.8 Å². The molecule has 0 spiro atoms. The van der Waals surface area contributed by atoms with Crippen molar-refractivity contribution in [2.75, 3.05) is 5.32 Å². The van der Waals surface area contributed by atoms with E-state index >= 15 is 0 Å². The molecule has 1 atom stereocenters. The minimum absolute atomic E-state index is 0.126. The number of nitrogens with one attached hydrogen (secondary N) is 2. The maximum absolute atomic E-state index is 12.7. The Labute approximate surface area is 156 Å². The first-order valence-corrected chi connectivity index (χ1v) is 10.2. The second kappa shape index (κ2) is 6.71. The number of hydrogen-bond acceptors (Lipinski definition) is 2. The number of benzene rings is 1. The van der Waals surface area contributed by atoms with Gasteiger partial charge in [-0.2, -0.15) is 0 Å². The summed E-state index contributed by atoms with van der Waals surface area (Å²) in [6.45, 7) is 4.27. The first-order valence-electron chi connectivity index (χ1n) is 10.2. The van der Waals surface area contributed by atoms with E-state index in [2.05, 4.69) is 24.5 Å². The Morgan fingerprint density at radius 3 is 2.19 bits per heavy atom. The number of carbonyl (C=O) groups is 2. The van der Waals surface area contributed by atoms with Crippen molar-refractivity contribution < 1.29 is 9.59 Å². The fraction of sp³-hybridized carbons (Fsp3) is 0.636. The van der Waals surface area contributed by atoms with Crippen LogP contribution in [0.4, 0.5) is 5.69 Å². The van der Waals surface area contributed by atoms with Gasteiger partial charge in [0.1, 0.15) is 0 Å². The molecular formula is C22H30N2O2. The molecule has 0 heterocycles. The zero-order valence-electron chi connectivity index (χ0n) is 15.9. The minimum atomic E-state index is -0.531. The Hall–Kier alpha value is -1.84. The summed E-state index contributed by atoms with van der Waals surface area (Å²) in [5.74, 6) is 1.59. The molecule has 4 heteroatoms. The van der Waals surface area contributed by atoms with Gasteiger partial charge in [0.25, 0.3) is 0 Å². The lowest BCUT2D eigenvalue weighted by molar-refractivity contribution is -0.139. The second-order valence-electron chi connectivity index (χ2n) is 9.00. The number of carbonyl (C=O) groups excluding carboxylic acids is 2. The molecular weight excluding hydrogens is 324 g/mol. The lowest BCUT2D eigenvalue weighted by Gasteiger charge is -2.56. The molecule has 1 aromatic carbocycles. The molecule has 4 aliphatic rings. The van der Waals surface area contributed by atoms with Crippen molar-refractivity contribution in [1.29, 1.82) is 0 Å². The average Bonchev–Trinajstić information content (AvgIpc) is 2.60. The normalized spacial score (nSPS) is 32.9. The molecule has 2 N–H and O–H groups in total. The summed E-state index contributed by atoms with van der Waals surface area (Å²) in [5.41, 5.74) is 1.72. The third-order valence-corrected chi connectivity index (χ3v) is 6.98. The molecule has 2 amide bonds. The standard InChI is InChI=1S/C22H30N2O2/c1-3-14(2)18-6-4-5-7-19(18)23-20(25)21(26)24-22-11-15-8-16(12-22)10-17(9-15)13-22/h4-7,14-17H,3,8-13H2,1-2H3,(H,23,25)(H,24,26). The van der Waals surface area contributed by atoms with Gasteiger partial charge < -0.3 is 10.6 Å². The van der Waals surface area contributed by atoms with Gasteiger partial charge in [0.2, 0.25) is 0 Å². The zero-order valence-corrected chi connectivity index (χ0v) is 15.9. The van der Waals surface area contributed by atoms with Gasteiger partial charge in [-0.25, -0.2) is 0 Å². The van der Waals surface area contributed by atoms with Gasteiger partial charge in [-0.1, -0.05) is 32.0 Å². The predicted octanol–water partition coefficient (Wildman–Crippen LogP) is 4.22. The number of hydrogen-bond donors (Lipinski definition) is 2. The zero-order chi connectivity index (χ0) is 18.3. The van der Waals surface area contributed by atoms with Crippen LogP contribution in [-0.2, 0) is 9.59 Å². The molecule has 5 rings (SSSR count). The van der Waals surface area contributed by atoms with Crippen molar-refractivity contribution in [3.05, 3.63) is 29.8 Å². The Morgan fingerprint density at radius 1 is 1.04 bits per heavy atom. The fourth-order valence-corrected chi connectivity index (χ4v) is 6.00. The molecule has 26 heavy (non-hydrogen) atoms. The van der Waals surface area contributed by atoms with Crippen LogP contribution in [0.1, 0.15) is 70.3 Å². The van der Waals surface area contributed by atoms with Crippen molar-refractivity contribution in [3.63, 3.8) is 0 Å². The molecule has 4 bridgehead atoms. The third-order valence-electron chi connectivity index (χ3n) is 6.98. The number of amides is 2. The van der Waals surface area contributed by atoms with E-state index in [9.17, 15) is 9.59 Å². The monoisotopic (exact) mass is 354 g/mol. The summed E-state index contributed by atoms with van der Waals surface area (Å²) in [4.78, 5) is 25.2. The summed E-state index contributed by atoms with van der Waals surface area (Å²) >= 11 is 0. The molecule has 0 aliphatic heterocycles. The largest absolute Gasteiger partial charge is 0.342 e. The van der Waals surface area contributed by atoms with Crippen molar-refractivity contribution >= 4 is 17.5 Å². The lowest BCUT2D eigenvalue weighted by atomic mass is 9.53. The summed E-state index contributed by atoms with van der Waals surface area (Å²) in [7, 11) is 0. The van der Waals surface area contributed by atoms with Crippen molar-refractivity contribution in [1.82, 2.24) is 5.32 Å². The van der Waals surface area contributed by atoms with E-state index in [0.29, 0.717) is 5.92 Å². The van der Waals surface area contributed by atoms with Gasteiger partial charge >= 0.3 is 11.8 Å². The second-order valence-corrected chi connectivity index (χ2v) is 9.00. The van der Waals surface area contributed by atoms with Gasteiger partial charge in [-0.3, -0.25) is 9.59 Å². The summed E-state index contributed by atoms with van der Waals surface area (Å²) in [6, 6.07) is 7.79. The fourth-order valence-electron chi connectivity index (χ4n) is 6.00. The maximum atomic E-state index is 12.7.